The maximum Gasteiger partial charge on any atom is 5.00 e. The average Bonchev–Trinajstić information content (AvgIpc) is 1.94. The Labute approximate surface area is 171 Å². The summed E-state index contributed by atoms with van der Waals surface area (Å²) in [5.41, 5.74) is 0. The molecular formula is O15P5V3. The molecule has 0 bridgehead atoms. The van der Waals surface area contributed by atoms with Gasteiger partial charge in [-0.2, -0.15) is 0 Å². The van der Waals surface area contributed by atoms with E-state index in [1.807, 2.05) is 0 Å². The van der Waals surface area contributed by atoms with Gasteiger partial charge in [-0.1, -0.05) is 0 Å². The van der Waals surface area contributed by atoms with Crippen LogP contribution < -0.4 is 73.4 Å². The molecule has 0 amide bonds. The van der Waals surface area contributed by atoms with Crippen LogP contribution in [0.1, 0.15) is 0 Å². The van der Waals surface area contributed by atoms with E-state index in [0.29, 0.717) is 0 Å². The van der Waals surface area contributed by atoms with E-state index in [-0.39, 0.29) is 55.7 Å². The standard InChI is InChI=1S/5O3P.3V/c5*1-4(2)3;;;/q5*-3;3*+5. The predicted octanol–water partition coefficient (Wildman–Crippen LogP) is -13.5. The zero-order valence-electron chi connectivity index (χ0n) is 9.70. The second-order valence-electron chi connectivity index (χ2n) is 1.12. The molecule has 0 unspecified atom stereocenters. The molecule has 0 N–H and O–H groups in total. The van der Waals surface area contributed by atoms with Crippen molar-refractivity contribution in [2.45, 2.75) is 0 Å². The smallest absolute Gasteiger partial charge is 0.854 e. The van der Waals surface area contributed by atoms with Gasteiger partial charge in [0.2, 0.25) is 0 Å². The second kappa shape index (κ2) is 44.6. The van der Waals surface area contributed by atoms with Gasteiger partial charge in [0.15, 0.2) is 0 Å². The van der Waals surface area contributed by atoms with Crippen molar-refractivity contribution >= 4 is 43.0 Å². The topological polar surface area (TPSA) is 346 Å². The number of hydrogen-bond acceptors (Lipinski definition) is 15. The van der Waals surface area contributed by atoms with E-state index in [1.165, 1.54) is 0 Å². The molecule has 0 rings (SSSR count). The van der Waals surface area contributed by atoms with Gasteiger partial charge in [-0.05, 0) is 0 Å². The van der Waals surface area contributed by atoms with Crippen molar-refractivity contribution in [2.24, 2.45) is 0 Å². The molecule has 0 aromatic heterocycles. The van der Waals surface area contributed by atoms with E-state index in [9.17, 15) is 0 Å². The van der Waals surface area contributed by atoms with Gasteiger partial charge in [0.05, 0.1) is 0 Å². The summed E-state index contributed by atoms with van der Waals surface area (Å²) in [6.07, 6.45) is 0. The van der Waals surface area contributed by atoms with Gasteiger partial charge in [-0.15, -0.1) is 0 Å². The number of rotatable bonds is 0. The van der Waals surface area contributed by atoms with Crippen LogP contribution in [0.5, 0.6) is 0 Å². The third-order valence-electron chi connectivity index (χ3n) is 0. The van der Waals surface area contributed by atoms with Crippen molar-refractivity contribution in [1.82, 2.24) is 0 Å². The van der Waals surface area contributed by atoms with Crippen LogP contribution in [-0.2, 0) is 55.7 Å². The molecular weight excluding hydrogens is 548 g/mol. The molecule has 0 radical (unpaired) electrons. The third kappa shape index (κ3) is 1260. The summed E-state index contributed by atoms with van der Waals surface area (Å²) < 4.78 is 0. The molecule has 0 aliphatic rings. The van der Waals surface area contributed by atoms with Crippen LogP contribution in [0.4, 0.5) is 0 Å². The molecule has 0 aromatic rings. The van der Waals surface area contributed by atoms with Crippen LogP contribution in [0.25, 0.3) is 0 Å². The molecule has 0 aromatic carbocycles. The monoisotopic (exact) mass is 548 g/mol. The summed E-state index contributed by atoms with van der Waals surface area (Å²) in [5.74, 6) is 0. The molecule has 23 heteroatoms. The fourth-order valence-corrected chi connectivity index (χ4v) is 0. The van der Waals surface area contributed by atoms with Gasteiger partial charge in [-0.3, -0.25) is 0 Å². The molecule has 15 nitrogen and oxygen atoms in total. The molecule has 0 spiro atoms. The molecule has 0 saturated carbocycles. The Balaban J connectivity index is -0.0000000197. The quantitative estimate of drug-likeness (QED) is 0.254. The van der Waals surface area contributed by atoms with Gasteiger partial charge in [0.25, 0.3) is 0 Å². The van der Waals surface area contributed by atoms with E-state index < -0.39 is 43.0 Å². The van der Waals surface area contributed by atoms with Crippen LogP contribution in [0.2, 0.25) is 0 Å². The minimum absolute atomic E-state index is 0. The first kappa shape index (κ1) is 50.3. The summed E-state index contributed by atoms with van der Waals surface area (Å²) in [6.45, 7) is 0. The van der Waals surface area contributed by atoms with Gasteiger partial charge >= 0.3 is 55.7 Å². The van der Waals surface area contributed by atoms with Crippen molar-refractivity contribution in [2.75, 3.05) is 0 Å². The van der Waals surface area contributed by atoms with Crippen molar-refractivity contribution in [3.05, 3.63) is 0 Å². The summed E-state index contributed by atoms with van der Waals surface area (Å²) in [7, 11) is -16.9. The van der Waals surface area contributed by atoms with Crippen molar-refractivity contribution < 1.29 is 129 Å². The number of hydrogen-bond donors (Lipinski definition) is 0. The molecule has 0 aliphatic heterocycles. The predicted molar refractivity (Wildman–Crippen MR) is 34.6 cm³/mol. The Kier molecular flexibility index (Phi) is 97.5. The molecule has 0 aliphatic carbocycles. The van der Waals surface area contributed by atoms with Gasteiger partial charge in [0, 0.05) is 0 Å². The second-order valence-corrected chi connectivity index (χ2v) is 3.35. The van der Waals surface area contributed by atoms with Crippen LogP contribution in [-0.4, -0.2) is 0 Å². The van der Waals surface area contributed by atoms with E-state index in [1.54, 1.807) is 0 Å². The Morgan fingerprint density at radius 1 is 0.217 bits per heavy atom. The Hall–Kier alpha value is 3.30. The molecule has 0 saturated heterocycles. The summed E-state index contributed by atoms with van der Waals surface area (Å²) in [5, 5.41) is 0. The Bertz CT molecular complexity index is 87.7. The SMILES string of the molecule is [O-]P([O-])[O-].[O-]P([O-])[O-].[O-]P([O-])[O-].[O-]P([O-])[O-].[O-]P([O-])[O-].[V+5].[V+5].[V+5]. The Morgan fingerprint density at radius 3 is 0.217 bits per heavy atom. The largest absolute Gasteiger partial charge is 5.00 e. The first-order chi connectivity index (χ1) is 8.66. The average molecular weight is 548 g/mol. The van der Waals surface area contributed by atoms with E-state index in [2.05, 4.69) is 0 Å². The van der Waals surface area contributed by atoms with Gasteiger partial charge in [-0.25, -0.2) is 0 Å². The first-order valence-electron chi connectivity index (χ1n) is 2.74. The maximum absolute atomic E-state index is 8.48. The maximum atomic E-state index is 8.48. The van der Waals surface area contributed by atoms with E-state index >= 15 is 0 Å². The molecule has 23 heavy (non-hydrogen) atoms. The normalized spacial score (nSPS) is 7.83. The van der Waals surface area contributed by atoms with Crippen molar-refractivity contribution in [3.8, 4) is 0 Å². The van der Waals surface area contributed by atoms with Gasteiger partial charge < -0.3 is 116 Å². The summed E-state index contributed by atoms with van der Waals surface area (Å²) in [6, 6.07) is 0. The van der Waals surface area contributed by atoms with E-state index in [4.69, 9.17) is 73.4 Å². The zero-order valence-corrected chi connectivity index (χ0v) is 18.4. The first-order valence-corrected chi connectivity index (χ1v) is 8.22. The fraction of sp³-hybridized carbons (Fsp3) is 0. The van der Waals surface area contributed by atoms with Crippen molar-refractivity contribution in [1.29, 1.82) is 0 Å². The van der Waals surface area contributed by atoms with E-state index in [0.717, 1.165) is 0 Å². The molecule has 0 heterocycles. The third-order valence-corrected chi connectivity index (χ3v) is 0. The molecule has 130 valence electrons. The molecule has 0 fully saturated rings. The Morgan fingerprint density at radius 2 is 0.217 bits per heavy atom. The summed E-state index contributed by atoms with van der Waals surface area (Å²) >= 11 is 0. The van der Waals surface area contributed by atoms with Crippen LogP contribution in [0.3, 0.4) is 0 Å². The van der Waals surface area contributed by atoms with Crippen molar-refractivity contribution in [3.63, 3.8) is 0 Å². The van der Waals surface area contributed by atoms with Crippen LogP contribution in [0.15, 0.2) is 0 Å². The minimum atomic E-state index is -3.37. The zero-order chi connectivity index (χ0) is 17.9. The summed E-state index contributed by atoms with van der Waals surface area (Å²) in [4.78, 5) is 127. The van der Waals surface area contributed by atoms with Gasteiger partial charge in [0.1, 0.15) is 0 Å². The fourth-order valence-electron chi connectivity index (χ4n) is 0. The van der Waals surface area contributed by atoms with Crippen LogP contribution >= 0.6 is 43.0 Å². The molecule has 0 atom stereocenters. The minimum Gasteiger partial charge on any atom is -0.854 e. The van der Waals surface area contributed by atoms with Crippen LogP contribution in [0, 0.1) is 0 Å².